The second-order valence-corrected chi connectivity index (χ2v) is 0. The van der Waals surface area contributed by atoms with Gasteiger partial charge in [-0.2, -0.15) is 0 Å². The average Bonchev–Trinajstić information content (AvgIpc) is 0. The molecule has 0 saturated heterocycles. The van der Waals surface area contributed by atoms with Gasteiger partial charge in [0, 0.05) is 102 Å². The maximum atomic E-state index is 0. The molecule has 0 aromatic carbocycles. The summed E-state index contributed by atoms with van der Waals surface area (Å²) < 4.78 is 0. The maximum absolute atomic E-state index is 0. The Morgan fingerprint density at radius 2 is 1.00 bits per heavy atom. The van der Waals surface area contributed by atoms with Crippen LogP contribution in [0.5, 0.6) is 0 Å². The van der Waals surface area contributed by atoms with Crippen LogP contribution in [0.4, 0.5) is 0 Å². The van der Waals surface area contributed by atoms with Crippen molar-refractivity contribution in [3.8, 4) is 0 Å². The Hall–Kier alpha value is 3.04. The summed E-state index contributed by atoms with van der Waals surface area (Å²) in [5.41, 5.74) is 0. The van der Waals surface area contributed by atoms with Gasteiger partial charge in [-0.3, -0.25) is 0 Å². The fraction of sp³-hybridized carbons (Fsp3) is 1.00. The summed E-state index contributed by atoms with van der Waals surface area (Å²) in [5.74, 6) is 0. The molecule has 0 aliphatic heterocycles. The Kier molecular flexibility index (Phi) is 804. The minimum atomic E-state index is 0. The summed E-state index contributed by atoms with van der Waals surface area (Å²) in [5, 5.41) is 0. The normalized spacial score (nSPS) is 0. The zero-order valence-electron chi connectivity index (χ0n) is 2.46. The van der Waals surface area contributed by atoms with Gasteiger partial charge in [0.25, 0.3) is 0 Å². The van der Waals surface area contributed by atoms with Crippen LogP contribution in [0, 0.1) is 0 Å². The van der Waals surface area contributed by atoms with E-state index in [0.717, 1.165) is 0 Å². The van der Waals surface area contributed by atoms with Crippen LogP contribution in [0.15, 0.2) is 0 Å². The number of rotatable bonds is 0. The Morgan fingerprint density at radius 1 is 1.00 bits per heavy atom. The van der Waals surface area contributed by atoms with Gasteiger partial charge >= 0.3 is 0 Å². The molecule has 0 bridgehead atoms. The van der Waals surface area contributed by atoms with Crippen LogP contribution in [0.3, 0.4) is 0 Å². The SMILES string of the molecule is C.[Cr].[Mn].[Mo].[Ni].[Si].[V]. The van der Waals surface area contributed by atoms with E-state index < -0.39 is 0 Å². The van der Waals surface area contributed by atoms with Gasteiger partial charge in [-0.1, -0.05) is 7.43 Å². The third kappa shape index (κ3) is 48.5. The van der Waals surface area contributed by atoms with Crippen LogP contribution in [-0.2, 0) is 90.5 Å². The summed E-state index contributed by atoms with van der Waals surface area (Å²) in [7, 11) is 0. The van der Waals surface area contributed by atoms with Crippen molar-refractivity contribution in [3.63, 3.8) is 0 Å². The Labute approximate surface area is 107 Å². The minimum absolute atomic E-state index is 0. The van der Waals surface area contributed by atoms with Crippen LogP contribution in [0.1, 0.15) is 7.43 Å². The summed E-state index contributed by atoms with van der Waals surface area (Å²) in [6.45, 7) is 0. The summed E-state index contributed by atoms with van der Waals surface area (Å²) in [6, 6.07) is 0. The Morgan fingerprint density at radius 3 is 1.00 bits per heavy atom. The van der Waals surface area contributed by atoms with E-state index in [9.17, 15) is 0 Å². The van der Waals surface area contributed by atoms with E-state index in [4.69, 9.17) is 0 Å². The number of hydrogen-bond acceptors (Lipinski definition) is 0. The molecule has 7 heavy (non-hydrogen) atoms. The van der Waals surface area contributed by atoms with E-state index >= 15 is 0 Å². The smallest absolute Gasteiger partial charge is 0 e. The molecule has 0 aromatic rings. The van der Waals surface area contributed by atoms with Crippen molar-refractivity contribution in [2.24, 2.45) is 0 Å². The van der Waals surface area contributed by atoms with Gasteiger partial charge in [0.05, 0.1) is 0 Å². The quantitative estimate of drug-likeness (QED) is 0.546. The van der Waals surface area contributed by atoms with Crippen molar-refractivity contribution in [1.82, 2.24) is 0 Å². The first-order chi connectivity index (χ1) is 0. The molecule has 6 heteroatoms. The van der Waals surface area contributed by atoms with Crippen LogP contribution in [-0.4, -0.2) is 11.0 Å². The molecule has 0 heterocycles. The minimum Gasteiger partial charge on any atom is -0.0776 e. The first kappa shape index (κ1) is 88.9. The van der Waals surface area contributed by atoms with Crippen LogP contribution in [0.25, 0.3) is 0 Å². The van der Waals surface area contributed by atoms with Crippen LogP contribution in [0.2, 0.25) is 0 Å². The van der Waals surface area contributed by atoms with Gasteiger partial charge in [-0.05, 0) is 0 Å². The average molecular weight is 357 g/mol. The third-order valence-electron chi connectivity index (χ3n) is 0. The zero-order valence-corrected chi connectivity index (χ0v) is 10.3. The first-order valence-corrected chi connectivity index (χ1v) is 0. The molecule has 0 saturated carbocycles. The van der Waals surface area contributed by atoms with Crippen molar-refractivity contribution in [3.05, 3.63) is 0 Å². The van der Waals surface area contributed by atoms with Crippen molar-refractivity contribution in [2.75, 3.05) is 0 Å². The largest absolute Gasteiger partial charge is 0.0776 e. The third-order valence-corrected chi connectivity index (χ3v) is 0. The maximum Gasteiger partial charge on any atom is 0 e. The van der Waals surface area contributed by atoms with Crippen molar-refractivity contribution in [1.29, 1.82) is 0 Å². The topological polar surface area (TPSA) is 0 Å². The zero-order chi connectivity index (χ0) is 0. The van der Waals surface area contributed by atoms with E-state index in [-0.39, 0.29) is 109 Å². The van der Waals surface area contributed by atoms with Crippen LogP contribution >= 0.6 is 0 Å². The first-order valence-electron chi connectivity index (χ1n) is 0. The van der Waals surface area contributed by atoms with Gasteiger partial charge in [0.1, 0.15) is 0 Å². The van der Waals surface area contributed by atoms with E-state index in [2.05, 4.69) is 0 Å². The molecule has 0 aliphatic carbocycles. The molecule has 6 radical (unpaired) electrons. The molecular weight excluding hydrogens is 353 g/mol. The Balaban J connectivity index is 0. The molecule has 0 spiro atoms. The van der Waals surface area contributed by atoms with Gasteiger partial charge in [-0.15, -0.1) is 0 Å². The molecule has 0 fully saturated rings. The predicted octanol–water partition coefficient (Wildman–Crippen LogP) is 0.243. The van der Waals surface area contributed by atoms with E-state index in [1.807, 2.05) is 0 Å². The molecule has 0 unspecified atom stereocenters. The van der Waals surface area contributed by atoms with Crippen molar-refractivity contribution < 1.29 is 90.5 Å². The molecular formula is CH4CrMnMoNiSiV. The molecule has 0 rings (SSSR count). The Bertz CT molecular complexity index is 19.7. The summed E-state index contributed by atoms with van der Waals surface area (Å²) >= 11 is 0. The second kappa shape index (κ2) is 63.3. The fourth-order valence-corrected chi connectivity index (χ4v) is 0. The molecule has 0 amide bonds. The van der Waals surface area contributed by atoms with E-state index in [0.29, 0.717) is 0 Å². The summed E-state index contributed by atoms with van der Waals surface area (Å²) in [4.78, 5) is 0. The monoisotopic (exact) mass is 358 g/mol. The second-order valence-electron chi connectivity index (χ2n) is 0. The molecule has 0 aliphatic rings. The molecule has 0 nitrogen and oxygen atoms in total. The van der Waals surface area contributed by atoms with Gasteiger partial charge in [0.15, 0.2) is 0 Å². The molecule has 0 N–H and O–H groups in total. The van der Waals surface area contributed by atoms with Crippen LogP contribution < -0.4 is 0 Å². The predicted molar refractivity (Wildman–Crippen MR) is 12.5 cm³/mol. The van der Waals surface area contributed by atoms with E-state index in [1.54, 1.807) is 0 Å². The van der Waals surface area contributed by atoms with Crippen molar-refractivity contribution >= 4 is 11.0 Å². The van der Waals surface area contributed by atoms with Gasteiger partial charge in [0.2, 0.25) is 0 Å². The summed E-state index contributed by atoms with van der Waals surface area (Å²) in [6.07, 6.45) is 0. The molecule has 0 atom stereocenters. The van der Waals surface area contributed by atoms with E-state index in [1.165, 1.54) is 0 Å². The molecule has 46 valence electrons. The standard InChI is InChI=1S/CH4.Cr.Mn.Mo.Ni.Si.V/h1H4;;;;;;. The van der Waals surface area contributed by atoms with Gasteiger partial charge in [-0.25, -0.2) is 0 Å². The molecule has 0 aromatic heterocycles. The van der Waals surface area contributed by atoms with Crippen molar-refractivity contribution in [2.45, 2.75) is 7.43 Å². The number of hydrogen-bond donors (Lipinski definition) is 0. The van der Waals surface area contributed by atoms with Gasteiger partial charge < -0.3 is 0 Å². The fourth-order valence-electron chi connectivity index (χ4n) is 0.